The Kier molecular flexibility index (Phi) is 5.25. The lowest BCUT2D eigenvalue weighted by molar-refractivity contribution is 0.0946. The van der Waals surface area contributed by atoms with Gasteiger partial charge in [-0.05, 0) is 30.5 Å². The smallest absolute Gasteiger partial charge is 0.270 e. The predicted octanol–water partition coefficient (Wildman–Crippen LogP) is 3.39. The zero-order valence-corrected chi connectivity index (χ0v) is 13.4. The third-order valence-electron chi connectivity index (χ3n) is 4.25. The molecule has 1 amide bonds. The van der Waals surface area contributed by atoms with Crippen LogP contribution in [0, 0.1) is 0 Å². The number of pyridine rings is 1. The third kappa shape index (κ3) is 4.31. The van der Waals surface area contributed by atoms with Crippen LogP contribution in [0.25, 0.3) is 0 Å². The first-order chi connectivity index (χ1) is 11.3. The Bertz CT molecular complexity index is 617. The molecule has 0 atom stereocenters. The number of hydrogen-bond acceptors (Lipinski definition) is 3. The summed E-state index contributed by atoms with van der Waals surface area (Å²) >= 11 is 0. The highest BCUT2D eigenvalue weighted by molar-refractivity contribution is 5.92. The molecular formula is C19H23N3O. The molecule has 0 saturated carbocycles. The van der Waals surface area contributed by atoms with Gasteiger partial charge >= 0.3 is 0 Å². The Morgan fingerprint density at radius 3 is 2.39 bits per heavy atom. The van der Waals surface area contributed by atoms with Crippen LogP contribution in [-0.2, 0) is 6.54 Å². The molecule has 120 valence electrons. The van der Waals surface area contributed by atoms with E-state index in [1.165, 1.54) is 25.7 Å². The zero-order chi connectivity index (χ0) is 15.9. The molecular weight excluding hydrogens is 286 g/mol. The van der Waals surface area contributed by atoms with Crippen molar-refractivity contribution in [3.05, 3.63) is 59.9 Å². The van der Waals surface area contributed by atoms with Crippen LogP contribution in [0.5, 0.6) is 0 Å². The highest BCUT2D eigenvalue weighted by atomic mass is 16.1. The SMILES string of the molecule is O=C(NCc1ccccc1)c1ccc(N2CCCCCC2)cn1. The maximum atomic E-state index is 12.2. The van der Waals surface area contributed by atoms with E-state index >= 15 is 0 Å². The van der Waals surface area contributed by atoms with Crippen molar-refractivity contribution in [3.63, 3.8) is 0 Å². The first-order valence-electron chi connectivity index (χ1n) is 8.36. The van der Waals surface area contributed by atoms with Crippen LogP contribution < -0.4 is 10.2 Å². The second kappa shape index (κ2) is 7.77. The van der Waals surface area contributed by atoms with Gasteiger partial charge in [0.25, 0.3) is 5.91 Å². The maximum Gasteiger partial charge on any atom is 0.270 e. The summed E-state index contributed by atoms with van der Waals surface area (Å²) in [5, 5.41) is 2.91. The number of benzene rings is 1. The molecule has 1 saturated heterocycles. The average molecular weight is 309 g/mol. The molecule has 2 aromatic rings. The van der Waals surface area contributed by atoms with Crippen LogP contribution in [0.1, 0.15) is 41.7 Å². The van der Waals surface area contributed by atoms with Gasteiger partial charge in [-0.25, -0.2) is 4.98 Å². The fourth-order valence-electron chi connectivity index (χ4n) is 2.91. The minimum absolute atomic E-state index is 0.128. The first kappa shape index (κ1) is 15.5. The summed E-state index contributed by atoms with van der Waals surface area (Å²) < 4.78 is 0. The van der Waals surface area contributed by atoms with Crippen molar-refractivity contribution in [2.75, 3.05) is 18.0 Å². The number of hydrogen-bond donors (Lipinski definition) is 1. The molecule has 0 radical (unpaired) electrons. The highest BCUT2D eigenvalue weighted by Gasteiger charge is 2.12. The quantitative estimate of drug-likeness (QED) is 0.941. The molecule has 1 aliphatic heterocycles. The molecule has 1 aromatic heterocycles. The summed E-state index contributed by atoms with van der Waals surface area (Å²) in [6, 6.07) is 13.7. The van der Waals surface area contributed by atoms with Gasteiger partial charge in [-0.1, -0.05) is 43.2 Å². The molecule has 4 nitrogen and oxygen atoms in total. The van der Waals surface area contributed by atoms with Crippen LogP contribution in [0.2, 0.25) is 0 Å². The maximum absolute atomic E-state index is 12.2. The Hall–Kier alpha value is -2.36. The molecule has 1 N–H and O–H groups in total. The van der Waals surface area contributed by atoms with Gasteiger partial charge in [0.2, 0.25) is 0 Å². The van der Waals surface area contributed by atoms with Gasteiger partial charge in [0.05, 0.1) is 11.9 Å². The fourth-order valence-corrected chi connectivity index (χ4v) is 2.91. The lowest BCUT2D eigenvalue weighted by atomic mass is 10.2. The first-order valence-corrected chi connectivity index (χ1v) is 8.36. The van der Waals surface area contributed by atoms with E-state index in [0.29, 0.717) is 12.2 Å². The van der Waals surface area contributed by atoms with E-state index in [9.17, 15) is 4.79 Å². The zero-order valence-electron chi connectivity index (χ0n) is 13.4. The second-order valence-electron chi connectivity index (χ2n) is 5.97. The Balaban J connectivity index is 1.58. The van der Waals surface area contributed by atoms with Crippen molar-refractivity contribution in [3.8, 4) is 0 Å². The van der Waals surface area contributed by atoms with Gasteiger partial charge in [0, 0.05) is 19.6 Å². The van der Waals surface area contributed by atoms with Crippen molar-refractivity contribution in [2.45, 2.75) is 32.2 Å². The van der Waals surface area contributed by atoms with E-state index in [1.807, 2.05) is 48.7 Å². The lowest BCUT2D eigenvalue weighted by Gasteiger charge is -2.22. The van der Waals surface area contributed by atoms with Crippen molar-refractivity contribution in [1.82, 2.24) is 10.3 Å². The van der Waals surface area contributed by atoms with E-state index < -0.39 is 0 Å². The van der Waals surface area contributed by atoms with E-state index in [0.717, 1.165) is 24.3 Å². The van der Waals surface area contributed by atoms with Crippen molar-refractivity contribution in [1.29, 1.82) is 0 Å². The number of nitrogens with zero attached hydrogens (tertiary/aromatic N) is 2. The molecule has 0 bridgehead atoms. The summed E-state index contributed by atoms with van der Waals surface area (Å²) in [5.41, 5.74) is 2.67. The minimum atomic E-state index is -0.128. The molecule has 0 unspecified atom stereocenters. The van der Waals surface area contributed by atoms with Gasteiger partial charge in [-0.2, -0.15) is 0 Å². The molecule has 23 heavy (non-hydrogen) atoms. The molecule has 4 heteroatoms. The second-order valence-corrected chi connectivity index (χ2v) is 5.97. The van der Waals surface area contributed by atoms with E-state index in [2.05, 4.69) is 15.2 Å². The summed E-state index contributed by atoms with van der Waals surface area (Å²) in [5.74, 6) is -0.128. The Morgan fingerprint density at radius 1 is 1.00 bits per heavy atom. The van der Waals surface area contributed by atoms with Gasteiger partial charge in [0.15, 0.2) is 0 Å². The summed E-state index contributed by atoms with van der Waals surface area (Å²) in [4.78, 5) is 18.9. The predicted molar refractivity (Wildman–Crippen MR) is 92.5 cm³/mol. The number of amides is 1. The summed E-state index contributed by atoms with van der Waals surface area (Å²) in [6.45, 7) is 2.69. The Labute approximate surface area is 137 Å². The van der Waals surface area contributed by atoms with E-state index in [1.54, 1.807) is 0 Å². The van der Waals surface area contributed by atoms with Crippen LogP contribution in [0.15, 0.2) is 48.7 Å². The monoisotopic (exact) mass is 309 g/mol. The minimum Gasteiger partial charge on any atom is -0.370 e. The highest BCUT2D eigenvalue weighted by Crippen LogP contribution is 2.18. The number of carbonyl (C=O) groups excluding carboxylic acids is 1. The number of rotatable bonds is 4. The van der Waals surface area contributed by atoms with Crippen molar-refractivity contribution in [2.24, 2.45) is 0 Å². The van der Waals surface area contributed by atoms with E-state index in [-0.39, 0.29) is 5.91 Å². The number of aromatic nitrogens is 1. The third-order valence-corrected chi connectivity index (χ3v) is 4.25. The summed E-state index contributed by atoms with van der Waals surface area (Å²) in [6.07, 6.45) is 6.91. The molecule has 1 fully saturated rings. The number of carbonyl (C=O) groups is 1. The van der Waals surface area contributed by atoms with Gasteiger partial charge in [0.1, 0.15) is 5.69 Å². The summed E-state index contributed by atoms with van der Waals surface area (Å²) in [7, 11) is 0. The standard InChI is InChI=1S/C19H23N3O/c23-19(21-14-16-8-4-3-5-9-16)18-11-10-17(15-20-18)22-12-6-1-2-7-13-22/h3-5,8-11,15H,1-2,6-7,12-14H2,(H,21,23). The molecule has 1 aliphatic rings. The normalized spacial score (nSPS) is 15.0. The molecule has 2 heterocycles. The van der Waals surface area contributed by atoms with Crippen molar-refractivity contribution < 1.29 is 4.79 Å². The largest absolute Gasteiger partial charge is 0.370 e. The van der Waals surface area contributed by atoms with Gasteiger partial charge < -0.3 is 10.2 Å². The van der Waals surface area contributed by atoms with Gasteiger partial charge in [-0.15, -0.1) is 0 Å². The van der Waals surface area contributed by atoms with Crippen LogP contribution in [0.4, 0.5) is 5.69 Å². The van der Waals surface area contributed by atoms with Crippen LogP contribution in [0.3, 0.4) is 0 Å². The number of anilines is 1. The van der Waals surface area contributed by atoms with Crippen LogP contribution in [-0.4, -0.2) is 24.0 Å². The fraction of sp³-hybridized carbons (Fsp3) is 0.368. The van der Waals surface area contributed by atoms with E-state index in [4.69, 9.17) is 0 Å². The molecule has 0 aliphatic carbocycles. The molecule has 3 rings (SSSR count). The molecule has 0 spiro atoms. The van der Waals surface area contributed by atoms with Gasteiger partial charge in [-0.3, -0.25) is 4.79 Å². The van der Waals surface area contributed by atoms with Crippen molar-refractivity contribution >= 4 is 11.6 Å². The van der Waals surface area contributed by atoms with Crippen LogP contribution >= 0.6 is 0 Å². The molecule has 1 aromatic carbocycles. The lowest BCUT2D eigenvalue weighted by Crippen LogP contribution is -2.26. The Morgan fingerprint density at radius 2 is 1.74 bits per heavy atom. The topological polar surface area (TPSA) is 45.2 Å². The average Bonchev–Trinajstić information content (AvgIpc) is 2.90. The number of nitrogens with one attached hydrogen (secondary N) is 1.